The first-order chi connectivity index (χ1) is 16.1. The van der Waals surface area contributed by atoms with E-state index < -0.39 is 10.0 Å². The van der Waals surface area contributed by atoms with E-state index in [0.717, 1.165) is 11.8 Å². The Morgan fingerprint density at radius 1 is 0.882 bits per heavy atom. The van der Waals surface area contributed by atoms with Crippen molar-refractivity contribution in [3.8, 4) is 11.5 Å². The molecule has 0 heterocycles. The smallest absolute Gasteiger partial charge is 0.251 e. The van der Waals surface area contributed by atoms with Crippen molar-refractivity contribution < 1.29 is 22.7 Å². The minimum atomic E-state index is -3.59. The van der Waals surface area contributed by atoms with Crippen molar-refractivity contribution in [2.45, 2.75) is 13.1 Å². The molecule has 0 aromatic heterocycles. The molecule has 10 heteroatoms. The molecule has 0 aliphatic heterocycles. The Hall–Kier alpha value is -2.94. The Balaban J connectivity index is 1.69. The lowest BCUT2D eigenvalue weighted by Gasteiger charge is -2.23. The van der Waals surface area contributed by atoms with Gasteiger partial charge in [-0.1, -0.05) is 41.4 Å². The number of methoxy groups -OCH3 is 2. The van der Waals surface area contributed by atoms with E-state index in [2.05, 4.69) is 5.32 Å². The van der Waals surface area contributed by atoms with Gasteiger partial charge >= 0.3 is 0 Å². The minimum absolute atomic E-state index is 0.0737. The van der Waals surface area contributed by atoms with Crippen molar-refractivity contribution >= 4 is 44.8 Å². The van der Waals surface area contributed by atoms with E-state index in [1.54, 1.807) is 62.8 Å². The molecule has 0 fully saturated rings. The van der Waals surface area contributed by atoms with E-state index in [0.29, 0.717) is 39.9 Å². The number of nitrogens with one attached hydrogen (secondary N) is 1. The van der Waals surface area contributed by atoms with E-state index >= 15 is 0 Å². The number of halogens is 2. The number of carbonyl (C=O) groups excluding carboxylic acids is 1. The highest BCUT2D eigenvalue weighted by atomic mass is 35.5. The van der Waals surface area contributed by atoms with Gasteiger partial charge in [0.15, 0.2) is 11.5 Å². The van der Waals surface area contributed by atoms with Gasteiger partial charge in [0, 0.05) is 12.1 Å². The van der Waals surface area contributed by atoms with Crippen molar-refractivity contribution in [1.82, 2.24) is 5.32 Å². The molecule has 3 aromatic carbocycles. The van der Waals surface area contributed by atoms with Crippen molar-refractivity contribution in [2.24, 2.45) is 0 Å². The summed E-state index contributed by atoms with van der Waals surface area (Å²) < 4.78 is 36.5. The Morgan fingerprint density at radius 2 is 1.53 bits per heavy atom. The minimum Gasteiger partial charge on any atom is -0.493 e. The van der Waals surface area contributed by atoms with Crippen LogP contribution in [0.15, 0.2) is 60.7 Å². The van der Waals surface area contributed by atoms with Gasteiger partial charge in [-0.25, -0.2) is 8.42 Å². The molecule has 0 radical (unpaired) electrons. The van der Waals surface area contributed by atoms with Crippen LogP contribution in [0.4, 0.5) is 5.69 Å². The Morgan fingerprint density at radius 3 is 2.12 bits per heavy atom. The largest absolute Gasteiger partial charge is 0.493 e. The van der Waals surface area contributed by atoms with Crippen LogP contribution in [-0.4, -0.2) is 34.8 Å². The summed E-state index contributed by atoms with van der Waals surface area (Å²) >= 11 is 12.0. The molecule has 1 N–H and O–H groups in total. The molecule has 0 spiro atoms. The maximum absolute atomic E-state index is 12.6. The molecule has 0 saturated heterocycles. The van der Waals surface area contributed by atoms with Crippen molar-refractivity contribution in [3.63, 3.8) is 0 Å². The summed E-state index contributed by atoms with van der Waals surface area (Å²) in [6.07, 6.45) is 1.12. The molecule has 0 bridgehead atoms. The zero-order valence-electron chi connectivity index (χ0n) is 18.8. The lowest BCUT2D eigenvalue weighted by atomic mass is 10.1. The molecule has 7 nitrogen and oxygen atoms in total. The van der Waals surface area contributed by atoms with Crippen LogP contribution in [-0.2, 0) is 23.1 Å². The molecular weight excluding hydrogens is 499 g/mol. The first kappa shape index (κ1) is 25.7. The fourth-order valence-corrected chi connectivity index (χ4v) is 4.41. The van der Waals surface area contributed by atoms with Crippen molar-refractivity contribution in [3.05, 3.63) is 87.4 Å². The van der Waals surface area contributed by atoms with Crippen LogP contribution in [0.2, 0.25) is 10.0 Å². The van der Waals surface area contributed by atoms with Gasteiger partial charge in [0.25, 0.3) is 5.91 Å². The number of hydrogen-bond acceptors (Lipinski definition) is 5. The number of hydrogen-bond donors (Lipinski definition) is 1. The molecule has 3 rings (SSSR count). The van der Waals surface area contributed by atoms with Crippen LogP contribution in [0.3, 0.4) is 0 Å². The quantitative estimate of drug-likeness (QED) is 0.431. The number of benzene rings is 3. The van der Waals surface area contributed by atoms with Crippen LogP contribution in [0.5, 0.6) is 11.5 Å². The third kappa shape index (κ3) is 6.34. The highest BCUT2D eigenvalue weighted by Crippen LogP contribution is 2.30. The van der Waals surface area contributed by atoms with Gasteiger partial charge in [0.1, 0.15) is 0 Å². The number of ether oxygens (including phenoxy) is 2. The van der Waals surface area contributed by atoms with E-state index in [4.69, 9.17) is 32.7 Å². The van der Waals surface area contributed by atoms with Crippen LogP contribution in [0, 0.1) is 0 Å². The number of rotatable bonds is 9. The number of sulfonamides is 1. The molecule has 0 aliphatic carbocycles. The average Bonchev–Trinajstić information content (AvgIpc) is 2.82. The van der Waals surface area contributed by atoms with Gasteiger partial charge in [-0.15, -0.1) is 0 Å². The lowest BCUT2D eigenvalue weighted by molar-refractivity contribution is 0.0951. The monoisotopic (exact) mass is 522 g/mol. The zero-order valence-corrected chi connectivity index (χ0v) is 21.2. The van der Waals surface area contributed by atoms with Crippen LogP contribution >= 0.6 is 23.2 Å². The third-order valence-electron chi connectivity index (χ3n) is 5.03. The average molecular weight is 523 g/mol. The SMILES string of the molecule is COc1ccc(CNC(=O)c2ccc(CN(c3ccc(Cl)c(Cl)c3)S(C)(=O)=O)cc2)cc1OC. The fourth-order valence-electron chi connectivity index (χ4n) is 3.24. The highest BCUT2D eigenvalue weighted by molar-refractivity contribution is 7.92. The summed E-state index contributed by atoms with van der Waals surface area (Å²) in [6.45, 7) is 0.379. The molecule has 180 valence electrons. The lowest BCUT2D eigenvalue weighted by Crippen LogP contribution is -2.29. The normalized spacial score (nSPS) is 11.1. The molecule has 1 amide bonds. The summed E-state index contributed by atoms with van der Waals surface area (Å²) in [6, 6.07) is 16.8. The van der Waals surface area contributed by atoms with Crippen LogP contribution < -0.4 is 19.1 Å². The summed E-state index contributed by atoms with van der Waals surface area (Å²) in [5, 5.41) is 3.45. The maximum atomic E-state index is 12.6. The predicted octanol–water partition coefficient (Wildman–Crippen LogP) is 4.91. The third-order valence-corrected chi connectivity index (χ3v) is 6.91. The number of nitrogens with zero attached hydrogens (tertiary/aromatic N) is 1. The van der Waals surface area contributed by atoms with Crippen LogP contribution in [0.1, 0.15) is 21.5 Å². The Labute approximate surface area is 209 Å². The number of carbonyl (C=O) groups is 1. The van der Waals surface area contributed by atoms with E-state index in [1.165, 1.54) is 10.4 Å². The van der Waals surface area contributed by atoms with Gasteiger partial charge in [-0.05, 0) is 53.6 Å². The predicted molar refractivity (Wildman–Crippen MR) is 135 cm³/mol. The van der Waals surface area contributed by atoms with Gasteiger partial charge in [-0.2, -0.15) is 0 Å². The molecular formula is C24H24Cl2N2O5S. The molecule has 0 aliphatic rings. The van der Waals surface area contributed by atoms with Gasteiger partial charge < -0.3 is 14.8 Å². The summed E-state index contributed by atoms with van der Waals surface area (Å²) in [4.78, 5) is 12.6. The van der Waals surface area contributed by atoms with Crippen molar-refractivity contribution in [2.75, 3.05) is 24.8 Å². The first-order valence-corrected chi connectivity index (χ1v) is 12.7. The second kappa shape index (κ2) is 11.0. The van der Waals surface area contributed by atoms with Gasteiger partial charge in [0.2, 0.25) is 10.0 Å². The summed E-state index contributed by atoms with van der Waals surface area (Å²) in [5.41, 5.74) is 2.40. The van der Waals surface area contributed by atoms with E-state index in [-0.39, 0.29) is 17.5 Å². The first-order valence-electron chi connectivity index (χ1n) is 10.1. The Bertz CT molecular complexity index is 1280. The van der Waals surface area contributed by atoms with E-state index in [1.807, 2.05) is 6.07 Å². The second-order valence-corrected chi connectivity index (χ2v) is 10.2. The summed E-state index contributed by atoms with van der Waals surface area (Å²) in [7, 11) is -0.481. The van der Waals surface area contributed by atoms with Crippen molar-refractivity contribution in [1.29, 1.82) is 0 Å². The molecule has 0 atom stereocenters. The molecule has 3 aromatic rings. The van der Waals surface area contributed by atoms with Crippen LogP contribution in [0.25, 0.3) is 0 Å². The molecule has 0 saturated carbocycles. The van der Waals surface area contributed by atoms with Gasteiger partial charge in [-0.3, -0.25) is 9.10 Å². The maximum Gasteiger partial charge on any atom is 0.251 e. The Kier molecular flexibility index (Phi) is 8.30. The summed E-state index contributed by atoms with van der Waals surface area (Å²) in [5.74, 6) is 0.930. The zero-order chi connectivity index (χ0) is 24.9. The molecule has 34 heavy (non-hydrogen) atoms. The second-order valence-electron chi connectivity index (χ2n) is 7.44. The topological polar surface area (TPSA) is 84.9 Å². The fraction of sp³-hybridized carbons (Fsp3) is 0.208. The number of anilines is 1. The van der Waals surface area contributed by atoms with Gasteiger partial charge in [0.05, 0.1) is 42.8 Å². The molecule has 0 unspecified atom stereocenters. The highest BCUT2D eigenvalue weighted by Gasteiger charge is 2.19. The van der Waals surface area contributed by atoms with E-state index in [9.17, 15) is 13.2 Å². The number of amides is 1. The standard InChI is InChI=1S/C24H24Cl2N2O5S/c1-32-22-11-6-17(12-23(22)33-2)14-27-24(29)18-7-4-16(5-8-18)15-28(34(3,30)31)19-9-10-20(25)21(26)13-19/h4-13H,14-15H2,1-3H3,(H,27,29).